The number of anilines is 2. The Balaban J connectivity index is 2.15. The van der Waals surface area contributed by atoms with Crippen LogP contribution in [0.5, 0.6) is 0 Å². The van der Waals surface area contributed by atoms with Gasteiger partial charge in [0, 0.05) is 26.2 Å². The molecule has 0 bridgehead atoms. The molecule has 1 aromatic rings. The molecule has 0 saturated heterocycles. The minimum absolute atomic E-state index is 0.193. The number of nitrogens with one attached hydrogen (secondary N) is 3. The van der Waals surface area contributed by atoms with E-state index in [0.717, 1.165) is 25.7 Å². The Morgan fingerprint density at radius 3 is 2.07 bits per heavy atom. The van der Waals surface area contributed by atoms with Crippen LogP contribution in [0.3, 0.4) is 0 Å². The van der Waals surface area contributed by atoms with Gasteiger partial charge in [-0.2, -0.15) is 0 Å². The molecule has 9 nitrogen and oxygen atoms in total. The van der Waals surface area contributed by atoms with Crippen molar-refractivity contribution in [1.82, 2.24) is 5.32 Å². The van der Waals surface area contributed by atoms with Gasteiger partial charge in [-0.15, -0.1) is 0 Å². The van der Waals surface area contributed by atoms with Crippen molar-refractivity contribution in [1.29, 1.82) is 0 Å². The highest BCUT2D eigenvalue weighted by atomic mass is 16.6. The zero-order valence-corrected chi connectivity index (χ0v) is 17.1. The molecule has 0 atom stereocenters. The molecule has 0 aromatic heterocycles. The maximum absolute atomic E-state index is 11.7. The molecule has 0 aliphatic heterocycles. The number of carbonyl (C=O) groups excluding carboxylic acids is 1. The molecule has 0 aliphatic carbocycles. The Bertz CT molecular complexity index is 661. The maximum Gasteiger partial charge on any atom is 0.407 e. The molecule has 28 heavy (non-hydrogen) atoms. The lowest BCUT2D eigenvalue weighted by Gasteiger charge is -2.19. The van der Waals surface area contributed by atoms with Crippen LogP contribution < -0.4 is 26.8 Å². The van der Waals surface area contributed by atoms with Crippen molar-refractivity contribution >= 4 is 17.5 Å². The minimum Gasteiger partial charge on any atom is -0.444 e. The van der Waals surface area contributed by atoms with E-state index in [9.17, 15) is 14.4 Å². The summed E-state index contributed by atoms with van der Waals surface area (Å²) >= 11 is 0. The van der Waals surface area contributed by atoms with Gasteiger partial charge >= 0.3 is 6.09 Å². The molecular weight excluding hydrogens is 366 g/mol. The number of aliphatic hydroxyl groups is 1. The van der Waals surface area contributed by atoms with E-state index in [1.807, 2.05) is 0 Å². The summed E-state index contributed by atoms with van der Waals surface area (Å²) in [5.74, 6) is 0. The fraction of sp³-hybridized carbons (Fsp3) is 0.737. The van der Waals surface area contributed by atoms with Crippen LogP contribution in [0.2, 0.25) is 0 Å². The Labute approximate surface area is 165 Å². The molecule has 1 amide bonds. The number of aliphatic hydroxyl groups excluding tert-OH is 1. The van der Waals surface area contributed by atoms with Crippen molar-refractivity contribution in [2.45, 2.75) is 52.1 Å². The number of ether oxygens (including phenoxy) is 2. The third kappa shape index (κ3) is 9.18. The summed E-state index contributed by atoms with van der Waals surface area (Å²) in [7, 11) is 0. The number of hydrogen-bond acceptors (Lipinski definition) is 8. The van der Waals surface area contributed by atoms with Crippen molar-refractivity contribution in [2.24, 2.45) is 0 Å². The Hall–Kier alpha value is -2.13. The lowest BCUT2D eigenvalue weighted by molar-refractivity contribution is 0.0502. The van der Waals surface area contributed by atoms with Gasteiger partial charge < -0.3 is 30.5 Å². The lowest BCUT2D eigenvalue weighted by Crippen LogP contribution is -2.38. The van der Waals surface area contributed by atoms with Crippen LogP contribution in [-0.2, 0) is 9.47 Å². The zero-order chi connectivity index (χ0) is 21.0. The SMILES string of the molecule is CC(C)(C)OC(=O)NCCOCCNc1c(NCCCCCCO)c(=O)c1=O. The summed E-state index contributed by atoms with van der Waals surface area (Å²) in [5, 5.41) is 17.2. The number of alkyl carbamates (subject to hydrolysis) is 1. The highest BCUT2D eigenvalue weighted by Gasteiger charge is 2.20. The topological polar surface area (TPSA) is 126 Å². The smallest absolute Gasteiger partial charge is 0.407 e. The van der Waals surface area contributed by atoms with Crippen LogP contribution in [0.15, 0.2) is 9.59 Å². The molecule has 0 radical (unpaired) electrons. The average Bonchev–Trinajstić information content (AvgIpc) is 2.62. The van der Waals surface area contributed by atoms with E-state index in [1.165, 1.54) is 0 Å². The molecule has 9 heteroatoms. The van der Waals surface area contributed by atoms with Crippen LogP contribution >= 0.6 is 0 Å². The molecule has 0 saturated carbocycles. The number of amides is 1. The molecule has 0 aliphatic rings. The van der Waals surface area contributed by atoms with E-state index < -0.39 is 22.6 Å². The minimum atomic E-state index is -0.541. The average molecular weight is 399 g/mol. The highest BCUT2D eigenvalue weighted by molar-refractivity contribution is 5.73. The molecule has 0 unspecified atom stereocenters. The number of carbonyl (C=O) groups is 1. The van der Waals surface area contributed by atoms with Gasteiger partial charge in [0.15, 0.2) is 0 Å². The van der Waals surface area contributed by atoms with E-state index in [0.29, 0.717) is 44.2 Å². The molecule has 4 N–H and O–H groups in total. The molecule has 1 rings (SSSR count). The Kier molecular flexibility index (Phi) is 10.5. The van der Waals surface area contributed by atoms with Crippen LogP contribution in [0.4, 0.5) is 16.2 Å². The van der Waals surface area contributed by atoms with E-state index in [2.05, 4.69) is 16.0 Å². The fourth-order valence-corrected chi connectivity index (χ4v) is 2.42. The Morgan fingerprint density at radius 2 is 1.46 bits per heavy atom. The van der Waals surface area contributed by atoms with Gasteiger partial charge in [0.25, 0.3) is 10.9 Å². The van der Waals surface area contributed by atoms with Crippen LogP contribution in [0.25, 0.3) is 0 Å². The van der Waals surface area contributed by atoms with Crippen molar-refractivity contribution in [3.63, 3.8) is 0 Å². The molecule has 0 fully saturated rings. The summed E-state index contributed by atoms with van der Waals surface area (Å²) in [6.07, 6.45) is 3.04. The molecular formula is C19H33N3O6. The summed E-state index contributed by atoms with van der Waals surface area (Å²) < 4.78 is 10.5. The van der Waals surface area contributed by atoms with Gasteiger partial charge in [-0.3, -0.25) is 9.59 Å². The normalized spacial score (nSPS) is 11.4. The summed E-state index contributed by atoms with van der Waals surface area (Å²) in [6, 6.07) is 0. The van der Waals surface area contributed by atoms with Crippen LogP contribution in [-0.4, -0.2) is 56.3 Å². The quantitative estimate of drug-likeness (QED) is 0.272. The van der Waals surface area contributed by atoms with E-state index in [4.69, 9.17) is 14.6 Å². The van der Waals surface area contributed by atoms with Gasteiger partial charge in [-0.05, 0) is 33.6 Å². The third-order valence-corrected chi connectivity index (χ3v) is 3.76. The second-order valence-electron chi connectivity index (χ2n) is 7.44. The summed E-state index contributed by atoms with van der Waals surface area (Å²) in [5.41, 5.74) is -0.926. The molecule has 0 spiro atoms. The number of rotatable bonds is 14. The van der Waals surface area contributed by atoms with Crippen molar-refractivity contribution < 1.29 is 19.4 Å². The van der Waals surface area contributed by atoms with Crippen LogP contribution in [0.1, 0.15) is 46.5 Å². The highest BCUT2D eigenvalue weighted by Crippen LogP contribution is 2.14. The summed E-state index contributed by atoms with van der Waals surface area (Å²) in [4.78, 5) is 34.8. The first-order valence-corrected chi connectivity index (χ1v) is 9.72. The predicted octanol–water partition coefficient (Wildman–Crippen LogP) is 1.20. The van der Waals surface area contributed by atoms with Gasteiger partial charge in [-0.25, -0.2) is 4.79 Å². The third-order valence-electron chi connectivity index (χ3n) is 3.76. The summed E-state index contributed by atoms with van der Waals surface area (Å²) in [6.45, 7) is 7.50. The zero-order valence-electron chi connectivity index (χ0n) is 17.1. The van der Waals surface area contributed by atoms with E-state index in [-0.39, 0.29) is 6.61 Å². The predicted molar refractivity (Wildman–Crippen MR) is 109 cm³/mol. The van der Waals surface area contributed by atoms with Crippen LogP contribution in [0, 0.1) is 0 Å². The van der Waals surface area contributed by atoms with Gasteiger partial charge in [-0.1, -0.05) is 12.8 Å². The van der Waals surface area contributed by atoms with Gasteiger partial charge in [0.1, 0.15) is 17.0 Å². The van der Waals surface area contributed by atoms with Crippen molar-refractivity contribution in [3.8, 4) is 0 Å². The lowest BCUT2D eigenvalue weighted by atomic mass is 10.1. The first-order valence-electron chi connectivity index (χ1n) is 9.72. The first kappa shape index (κ1) is 23.9. The monoisotopic (exact) mass is 399 g/mol. The number of unbranched alkanes of at least 4 members (excludes halogenated alkanes) is 3. The second kappa shape index (κ2) is 12.4. The van der Waals surface area contributed by atoms with E-state index in [1.54, 1.807) is 20.8 Å². The van der Waals surface area contributed by atoms with Gasteiger partial charge in [0.2, 0.25) is 0 Å². The first-order chi connectivity index (χ1) is 13.3. The molecule has 1 aromatic carbocycles. The standard InChI is InChI=1S/C19H33N3O6/c1-19(2,3)28-18(26)22-10-13-27-12-9-21-15-14(16(24)17(15)25)20-8-6-4-5-7-11-23/h20-21,23H,4-13H2,1-3H3,(H,22,26). The van der Waals surface area contributed by atoms with E-state index >= 15 is 0 Å². The van der Waals surface area contributed by atoms with Gasteiger partial charge in [0.05, 0.1) is 13.2 Å². The molecule has 160 valence electrons. The fourth-order valence-electron chi connectivity index (χ4n) is 2.42. The largest absolute Gasteiger partial charge is 0.444 e. The van der Waals surface area contributed by atoms with Crippen molar-refractivity contribution in [2.75, 3.05) is 50.1 Å². The Morgan fingerprint density at radius 1 is 0.893 bits per heavy atom. The maximum atomic E-state index is 11.7. The second-order valence-corrected chi connectivity index (χ2v) is 7.44. The number of hydrogen-bond donors (Lipinski definition) is 4. The molecule has 0 heterocycles. The van der Waals surface area contributed by atoms with Crippen molar-refractivity contribution in [3.05, 3.63) is 20.4 Å².